The molecule has 0 saturated heterocycles. The maximum absolute atomic E-state index is 13.6. The Kier molecular flexibility index (Phi) is 4.37. The lowest BCUT2D eigenvalue weighted by molar-refractivity contribution is 0.271. The topological polar surface area (TPSA) is 71.4 Å². The molecule has 140 valence electrons. The summed E-state index contributed by atoms with van der Waals surface area (Å²) in [7, 11) is 3.20. The van der Waals surface area contributed by atoms with Gasteiger partial charge in [-0.3, -0.25) is 9.78 Å². The van der Waals surface area contributed by atoms with Gasteiger partial charge < -0.3 is 19.9 Å². The third-order valence-corrected chi connectivity index (χ3v) is 4.58. The zero-order valence-corrected chi connectivity index (χ0v) is 15.0. The molecule has 0 atom stereocenters. The van der Waals surface area contributed by atoms with Crippen molar-refractivity contribution in [3.8, 4) is 22.8 Å². The molecule has 0 unspecified atom stereocenters. The minimum Gasteiger partial charge on any atom is -0.493 e. The van der Waals surface area contributed by atoms with Crippen LogP contribution in [-0.2, 0) is 6.54 Å². The van der Waals surface area contributed by atoms with E-state index in [0.29, 0.717) is 23.7 Å². The summed E-state index contributed by atoms with van der Waals surface area (Å²) in [5.41, 5.74) is 2.46. The van der Waals surface area contributed by atoms with E-state index in [2.05, 4.69) is 10.4 Å². The summed E-state index contributed by atoms with van der Waals surface area (Å²) in [5.74, 6) is 1.72. The molecule has 0 amide bonds. The molecule has 0 spiro atoms. The first-order chi connectivity index (χ1) is 13.1. The van der Waals surface area contributed by atoms with Crippen LogP contribution in [0, 0.1) is 5.82 Å². The first-order valence-electron chi connectivity index (χ1n) is 8.55. The number of fused-ring (bicyclic) bond motifs is 3. The predicted molar refractivity (Wildman–Crippen MR) is 103 cm³/mol. The van der Waals surface area contributed by atoms with Crippen molar-refractivity contribution in [1.29, 1.82) is 0 Å². The number of nitrogens with one attached hydrogen (secondary N) is 2. The molecule has 0 bridgehead atoms. The fourth-order valence-corrected chi connectivity index (χ4v) is 3.35. The van der Waals surface area contributed by atoms with Gasteiger partial charge in [0.15, 0.2) is 11.5 Å². The van der Waals surface area contributed by atoms with Crippen molar-refractivity contribution in [2.45, 2.75) is 6.54 Å². The molecule has 2 aliphatic rings. The Morgan fingerprint density at radius 2 is 1.89 bits per heavy atom. The Morgan fingerprint density at radius 1 is 1.11 bits per heavy atom. The summed E-state index contributed by atoms with van der Waals surface area (Å²) in [6, 6.07) is 12.1. The fraction of sp³-hybridized carbons (Fsp3) is 0.200. The van der Waals surface area contributed by atoms with E-state index >= 15 is 0 Å². The van der Waals surface area contributed by atoms with Crippen LogP contribution >= 0.6 is 0 Å². The van der Waals surface area contributed by atoms with Crippen molar-refractivity contribution < 1.29 is 19.0 Å². The number of rotatable bonds is 6. The van der Waals surface area contributed by atoms with Crippen LogP contribution in [0.15, 0.2) is 42.5 Å². The smallest absolute Gasteiger partial charge is 0.161 e. The van der Waals surface area contributed by atoms with E-state index in [1.807, 2.05) is 22.9 Å². The highest BCUT2D eigenvalue weighted by molar-refractivity contribution is 6.05. The summed E-state index contributed by atoms with van der Waals surface area (Å²) in [5, 5.41) is 18.0. The highest BCUT2D eigenvalue weighted by Crippen LogP contribution is 2.43. The molecule has 7 heteroatoms. The van der Waals surface area contributed by atoms with E-state index < -0.39 is 0 Å². The van der Waals surface area contributed by atoms with Crippen LogP contribution in [0.3, 0.4) is 0 Å². The molecule has 2 aromatic rings. The van der Waals surface area contributed by atoms with Crippen molar-refractivity contribution in [2.24, 2.45) is 0 Å². The van der Waals surface area contributed by atoms with Gasteiger partial charge in [-0.2, -0.15) is 0 Å². The second kappa shape index (κ2) is 6.85. The van der Waals surface area contributed by atoms with E-state index in [1.165, 1.54) is 12.1 Å². The number of benzene rings is 2. The first-order valence-corrected chi connectivity index (χ1v) is 8.55. The third kappa shape index (κ3) is 2.96. The van der Waals surface area contributed by atoms with Gasteiger partial charge in [-0.25, -0.2) is 4.39 Å². The predicted octanol–water partition coefficient (Wildman–Crippen LogP) is 3.97. The van der Waals surface area contributed by atoms with Crippen LogP contribution in [0.5, 0.6) is 11.5 Å². The minimum absolute atomic E-state index is 0.0271. The lowest BCUT2D eigenvalue weighted by Crippen LogP contribution is -2.07. The number of nitrogens with zero attached hydrogens (tertiary/aromatic N) is 1. The summed E-state index contributed by atoms with van der Waals surface area (Å²) < 4.78 is 26.2. The quantitative estimate of drug-likeness (QED) is 0.481. The first kappa shape index (κ1) is 17.2. The van der Waals surface area contributed by atoms with Crippen molar-refractivity contribution in [2.75, 3.05) is 26.1 Å². The molecule has 0 radical (unpaired) electrons. The number of methoxy groups -OCH3 is 2. The van der Waals surface area contributed by atoms with E-state index in [9.17, 15) is 9.50 Å². The number of halogens is 1. The second-order valence-corrected chi connectivity index (χ2v) is 6.20. The van der Waals surface area contributed by atoms with Gasteiger partial charge >= 0.3 is 0 Å². The summed E-state index contributed by atoms with van der Waals surface area (Å²) in [6.07, 6.45) is 0. The number of aromatic nitrogens is 2. The molecule has 6 nitrogen and oxygen atoms in total. The Bertz CT molecular complexity index is 1070. The van der Waals surface area contributed by atoms with Gasteiger partial charge in [-0.15, -0.1) is 0 Å². The molecule has 0 fully saturated rings. The lowest BCUT2D eigenvalue weighted by atomic mass is 10.2. The monoisotopic (exact) mass is 369 g/mol. The highest BCUT2D eigenvalue weighted by Gasteiger charge is 2.22. The van der Waals surface area contributed by atoms with Crippen LogP contribution < -0.4 is 14.8 Å². The maximum atomic E-state index is 13.6. The molecular weight excluding hydrogens is 349 g/mol. The van der Waals surface area contributed by atoms with Crippen molar-refractivity contribution in [3.05, 3.63) is 48.3 Å². The van der Waals surface area contributed by atoms with Crippen molar-refractivity contribution in [1.82, 2.24) is 9.78 Å². The van der Waals surface area contributed by atoms with E-state index in [1.54, 1.807) is 26.4 Å². The standard InChI is InChI=1S/C20H20FN3O3/c1-26-17-9-12-8-16-19(15(12)11-18(17)27-2)23-24(6-7-25)20(16)22-14-5-3-4-13(21)10-14/h3-5,8-11,22-23,25H,6-7H2,1-2H3. The Labute approximate surface area is 155 Å². The van der Waals surface area contributed by atoms with Crippen LogP contribution in [-0.4, -0.2) is 35.7 Å². The lowest BCUT2D eigenvalue weighted by Gasteiger charge is -2.10. The van der Waals surface area contributed by atoms with E-state index in [4.69, 9.17) is 9.47 Å². The van der Waals surface area contributed by atoms with E-state index in [0.717, 1.165) is 27.8 Å². The van der Waals surface area contributed by atoms with E-state index in [-0.39, 0.29) is 12.4 Å². The number of aromatic amines is 1. The van der Waals surface area contributed by atoms with Gasteiger partial charge in [-0.05, 0) is 41.8 Å². The van der Waals surface area contributed by atoms with Crippen molar-refractivity contribution in [3.63, 3.8) is 0 Å². The second-order valence-electron chi connectivity index (χ2n) is 6.20. The fourth-order valence-electron chi connectivity index (χ4n) is 3.35. The summed E-state index contributed by atoms with van der Waals surface area (Å²) in [4.78, 5) is 0. The molecular formula is C20H20FN3O3. The minimum atomic E-state index is -0.317. The highest BCUT2D eigenvalue weighted by atomic mass is 19.1. The normalized spacial score (nSPS) is 11.3. The van der Waals surface area contributed by atoms with Gasteiger partial charge in [-0.1, -0.05) is 6.07 Å². The Balaban J connectivity index is 1.87. The number of H-pyrrole nitrogens is 1. The summed E-state index contributed by atoms with van der Waals surface area (Å²) in [6.45, 7) is 0.349. The molecule has 0 saturated carbocycles. The van der Waals surface area contributed by atoms with Gasteiger partial charge in [0.2, 0.25) is 0 Å². The maximum Gasteiger partial charge on any atom is 0.161 e. The average molecular weight is 369 g/mol. The Morgan fingerprint density at radius 3 is 2.59 bits per heavy atom. The number of aliphatic hydroxyl groups excluding tert-OH is 1. The number of ether oxygens (including phenoxy) is 2. The molecule has 1 aliphatic carbocycles. The molecule has 27 heavy (non-hydrogen) atoms. The number of aliphatic hydroxyl groups is 1. The third-order valence-electron chi connectivity index (χ3n) is 4.58. The van der Waals surface area contributed by atoms with Crippen molar-refractivity contribution >= 4 is 22.3 Å². The number of hydrogen-bond donors (Lipinski definition) is 3. The number of anilines is 2. The van der Waals surface area contributed by atoms with Crippen LogP contribution in [0.4, 0.5) is 15.9 Å². The largest absolute Gasteiger partial charge is 0.493 e. The molecule has 3 N–H and O–H groups in total. The zero-order valence-electron chi connectivity index (χ0n) is 15.0. The molecule has 4 rings (SSSR count). The zero-order chi connectivity index (χ0) is 19.0. The molecule has 1 heterocycles. The number of hydrogen-bond acceptors (Lipinski definition) is 4. The van der Waals surface area contributed by atoms with Gasteiger partial charge in [0, 0.05) is 16.6 Å². The SMILES string of the molecule is COc1cc2cc3c(Nc4cccc(F)c4)n(CCO)[nH]c-3c2cc1OC. The molecule has 0 aromatic heterocycles. The summed E-state index contributed by atoms with van der Waals surface area (Å²) >= 11 is 0. The Hall–Kier alpha value is -3.19. The van der Waals surface area contributed by atoms with Crippen LogP contribution in [0.25, 0.3) is 22.0 Å². The molecule has 2 aromatic carbocycles. The average Bonchev–Trinajstić information content (AvgIpc) is 3.17. The van der Waals surface area contributed by atoms with Crippen LogP contribution in [0.1, 0.15) is 0 Å². The van der Waals surface area contributed by atoms with Gasteiger partial charge in [0.1, 0.15) is 11.6 Å². The van der Waals surface area contributed by atoms with Gasteiger partial charge in [0.05, 0.1) is 33.1 Å². The van der Waals surface area contributed by atoms with Gasteiger partial charge in [0.25, 0.3) is 0 Å². The van der Waals surface area contributed by atoms with Crippen LogP contribution in [0.2, 0.25) is 0 Å². The molecule has 1 aliphatic heterocycles.